The molecule has 0 aliphatic carbocycles. The minimum Gasteiger partial charge on any atom is -0.310 e. The minimum absolute atomic E-state index is 0.475. The molecule has 0 saturated heterocycles. The van der Waals surface area contributed by atoms with Crippen molar-refractivity contribution in [1.82, 2.24) is 10.3 Å². The average molecular weight is 220 g/mol. The van der Waals surface area contributed by atoms with Crippen LogP contribution in [0.4, 0.5) is 0 Å². The number of aryl methyl sites for hydroxylation is 1. The van der Waals surface area contributed by atoms with Crippen LogP contribution in [0.1, 0.15) is 50.8 Å². The number of hydrogen-bond donors (Lipinski definition) is 1. The maximum Gasteiger partial charge on any atom is 0.0326 e. The summed E-state index contributed by atoms with van der Waals surface area (Å²) in [6.07, 6.45) is 6.29. The molecule has 0 radical (unpaired) electrons. The lowest BCUT2D eigenvalue weighted by Gasteiger charge is -2.23. The summed E-state index contributed by atoms with van der Waals surface area (Å²) in [6.45, 7) is 9.90. The zero-order chi connectivity index (χ0) is 12.0. The zero-order valence-electron chi connectivity index (χ0n) is 11.0. The van der Waals surface area contributed by atoms with E-state index >= 15 is 0 Å². The van der Waals surface area contributed by atoms with Crippen molar-refractivity contribution in [2.24, 2.45) is 5.92 Å². The quantitative estimate of drug-likeness (QED) is 0.794. The summed E-state index contributed by atoms with van der Waals surface area (Å²) in [6, 6.07) is 2.62. The smallest absolute Gasteiger partial charge is 0.0326 e. The predicted molar refractivity (Wildman–Crippen MR) is 69.5 cm³/mol. The van der Waals surface area contributed by atoms with Crippen LogP contribution in [-0.4, -0.2) is 11.5 Å². The molecule has 0 fully saturated rings. The molecule has 1 aromatic rings. The first-order chi connectivity index (χ1) is 7.69. The van der Waals surface area contributed by atoms with E-state index in [1.807, 2.05) is 12.4 Å². The molecule has 2 atom stereocenters. The molecule has 2 heteroatoms. The largest absolute Gasteiger partial charge is 0.310 e. The molecule has 1 rings (SSSR count). The fraction of sp³-hybridized carbons (Fsp3) is 0.643. The summed E-state index contributed by atoms with van der Waals surface area (Å²) in [5.41, 5.74) is 2.69. The lowest BCUT2D eigenvalue weighted by atomic mass is 9.93. The summed E-state index contributed by atoms with van der Waals surface area (Å²) < 4.78 is 0. The second-order valence-electron chi connectivity index (χ2n) is 4.59. The van der Waals surface area contributed by atoms with Gasteiger partial charge in [-0.1, -0.05) is 27.2 Å². The van der Waals surface area contributed by atoms with E-state index in [0.717, 1.165) is 12.5 Å². The van der Waals surface area contributed by atoms with Crippen LogP contribution in [0.3, 0.4) is 0 Å². The van der Waals surface area contributed by atoms with Crippen molar-refractivity contribution in [3.63, 3.8) is 0 Å². The Morgan fingerprint density at radius 1 is 1.38 bits per heavy atom. The van der Waals surface area contributed by atoms with Crippen LogP contribution in [0, 0.1) is 12.8 Å². The van der Waals surface area contributed by atoms with Crippen molar-refractivity contribution in [1.29, 1.82) is 0 Å². The van der Waals surface area contributed by atoms with E-state index in [4.69, 9.17) is 0 Å². The highest BCUT2D eigenvalue weighted by molar-refractivity contribution is 5.25. The van der Waals surface area contributed by atoms with Crippen LogP contribution in [0.15, 0.2) is 18.5 Å². The molecule has 1 heterocycles. The van der Waals surface area contributed by atoms with Crippen LogP contribution in [0.25, 0.3) is 0 Å². The molecule has 0 aliphatic heterocycles. The van der Waals surface area contributed by atoms with E-state index in [1.54, 1.807) is 0 Å². The normalized spacial score (nSPS) is 14.8. The molecule has 0 aromatic carbocycles. The van der Waals surface area contributed by atoms with Crippen molar-refractivity contribution >= 4 is 0 Å². The Kier molecular flexibility index (Phi) is 5.47. The summed E-state index contributed by atoms with van der Waals surface area (Å²) in [5, 5.41) is 3.58. The first kappa shape index (κ1) is 13.2. The van der Waals surface area contributed by atoms with Crippen molar-refractivity contribution in [3.05, 3.63) is 29.6 Å². The predicted octanol–water partition coefficient (Wildman–Crippen LogP) is 3.48. The first-order valence-electron chi connectivity index (χ1n) is 6.32. The number of rotatable bonds is 6. The molecule has 0 bridgehead atoms. The standard InChI is InChI=1S/C14H24N2/c1-5-11(3)9-14(16-6-2)13-7-8-15-10-12(13)4/h7-8,10-11,14,16H,5-6,9H2,1-4H3. The molecule has 1 aromatic heterocycles. The lowest BCUT2D eigenvalue weighted by Crippen LogP contribution is -2.23. The Morgan fingerprint density at radius 2 is 2.12 bits per heavy atom. The van der Waals surface area contributed by atoms with Gasteiger partial charge in [-0.05, 0) is 43.0 Å². The molecule has 0 amide bonds. The van der Waals surface area contributed by atoms with E-state index in [9.17, 15) is 0 Å². The second-order valence-corrected chi connectivity index (χ2v) is 4.59. The van der Waals surface area contributed by atoms with Gasteiger partial charge < -0.3 is 5.32 Å². The number of hydrogen-bond acceptors (Lipinski definition) is 2. The second kappa shape index (κ2) is 6.64. The topological polar surface area (TPSA) is 24.9 Å². The van der Waals surface area contributed by atoms with Gasteiger partial charge in [-0.2, -0.15) is 0 Å². The van der Waals surface area contributed by atoms with Crippen molar-refractivity contribution in [2.45, 2.75) is 46.6 Å². The molecule has 1 N–H and O–H groups in total. The number of aromatic nitrogens is 1. The maximum atomic E-state index is 4.16. The van der Waals surface area contributed by atoms with Crippen LogP contribution in [-0.2, 0) is 0 Å². The third kappa shape index (κ3) is 3.60. The monoisotopic (exact) mass is 220 g/mol. The molecule has 2 nitrogen and oxygen atoms in total. The van der Waals surface area contributed by atoms with Crippen LogP contribution < -0.4 is 5.32 Å². The Labute approximate surface area is 99.5 Å². The Hall–Kier alpha value is -0.890. The van der Waals surface area contributed by atoms with Gasteiger partial charge in [0.25, 0.3) is 0 Å². The summed E-state index contributed by atoms with van der Waals surface area (Å²) >= 11 is 0. The van der Waals surface area contributed by atoms with Gasteiger partial charge in [0.05, 0.1) is 0 Å². The molecule has 0 spiro atoms. The molecule has 0 aliphatic rings. The highest BCUT2D eigenvalue weighted by atomic mass is 14.9. The van der Waals surface area contributed by atoms with Gasteiger partial charge in [-0.25, -0.2) is 0 Å². The Balaban J connectivity index is 2.80. The summed E-state index contributed by atoms with van der Waals surface area (Å²) in [7, 11) is 0. The average Bonchev–Trinajstić information content (AvgIpc) is 2.29. The Bertz CT molecular complexity index is 309. The van der Waals surface area contributed by atoms with Crippen molar-refractivity contribution in [3.8, 4) is 0 Å². The minimum atomic E-state index is 0.475. The summed E-state index contributed by atoms with van der Waals surface area (Å²) in [5.74, 6) is 0.761. The van der Waals surface area contributed by atoms with Crippen molar-refractivity contribution in [2.75, 3.05) is 6.54 Å². The highest BCUT2D eigenvalue weighted by Gasteiger charge is 2.15. The number of pyridine rings is 1. The van der Waals surface area contributed by atoms with Crippen LogP contribution >= 0.6 is 0 Å². The van der Waals surface area contributed by atoms with Gasteiger partial charge in [-0.3, -0.25) is 4.98 Å². The third-order valence-electron chi connectivity index (χ3n) is 3.22. The van der Waals surface area contributed by atoms with Gasteiger partial charge in [-0.15, -0.1) is 0 Å². The first-order valence-corrected chi connectivity index (χ1v) is 6.32. The molecule has 2 unspecified atom stereocenters. The van der Waals surface area contributed by atoms with Crippen LogP contribution in [0.5, 0.6) is 0 Å². The molecular formula is C14H24N2. The number of nitrogens with zero attached hydrogens (tertiary/aromatic N) is 1. The summed E-state index contributed by atoms with van der Waals surface area (Å²) in [4.78, 5) is 4.16. The molecular weight excluding hydrogens is 196 g/mol. The van der Waals surface area contributed by atoms with Crippen molar-refractivity contribution < 1.29 is 0 Å². The maximum absolute atomic E-state index is 4.16. The zero-order valence-corrected chi connectivity index (χ0v) is 11.0. The van der Waals surface area contributed by atoms with Gasteiger partial charge in [0.15, 0.2) is 0 Å². The highest BCUT2D eigenvalue weighted by Crippen LogP contribution is 2.24. The molecule has 0 saturated carbocycles. The van der Waals surface area contributed by atoms with Gasteiger partial charge in [0.2, 0.25) is 0 Å². The van der Waals surface area contributed by atoms with E-state index in [1.165, 1.54) is 24.0 Å². The molecule has 16 heavy (non-hydrogen) atoms. The lowest BCUT2D eigenvalue weighted by molar-refractivity contribution is 0.407. The van der Waals surface area contributed by atoms with Gasteiger partial charge >= 0.3 is 0 Å². The Morgan fingerprint density at radius 3 is 2.69 bits per heavy atom. The fourth-order valence-corrected chi connectivity index (χ4v) is 2.01. The number of nitrogens with one attached hydrogen (secondary N) is 1. The third-order valence-corrected chi connectivity index (χ3v) is 3.22. The van der Waals surface area contributed by atoms with E-state index in [-0.39, 0.29) is 0 Å². The van der Waals surface area contributed by atoms with E-state index < -0.39 is 0 Å². The van der Waals surface area contributed by atoms with E-state index in [2.05, 4.69) is 44.1 Å². The van der Waals surface area contributed by atoms with Crippen LogP contribution in [0.2, 0.25) is 0 Å². The SMILES string of the molecule is CCNC(CC(C)CC)c1ccncc1C. The fourth-order valence-electron chi connectivity index (χ4n) is 2.01. The van der Waals surface area contributed by atoms with Gasteiger partial charge in [0.1, 0.15) is 0 Å². The van der Waals surface area contributed by atoms with Gasteiger partial charge in [0, 0.05) is 18.4 Å². The van der Waals surface area contributed by atoms with E-state index in [0.29, 0.717) is 6.04 Å². The molecule has 90 valence electrons.